The number of carbonyl (C=O) groups excluding carboxylic acids is 1. The van der Waals surface area contributed by atoms with Gasteiger partial charge in [0, 0.05) is 5.56 Å². The van der Waals surface area contributed by atoms with E-state index in [1.807, 2.05) is 0 Å². The average molecular weight is 295 g/mol. The normalized spacial score (nSPS) is 13.2. The van der Waals surface area contributed by atoms with Gasteiger partial charge in [0.05, 0.1) is 6.61 Å². The lowest BCUT2D eigenvalue weighted by molar-refractivity contribution is -0.174. The Morgan fingerprint density at radius 2 is 1.95 bits per heavy atom. The zero-order valence-electron chi connectivity index (χ0n) is 10.5. The summed E-state index contributed by atoms with van der Waals surface area (Å²) < 4.78 is 60.2. The summed E-state index contributed by atoms with van der Waals surface area (Å²) in [4.78, 5) is 11.2. The third kappa shape index (κ3) is 3.60. The molecule has 0 saturated heterocycles. The summed E-state index contributed by atoms with van der Waals surface area (Å²) in [6, 6.07) is 2.61. The molecule has 0 spiro atoms. The quantitative estimate of drug-likeness (QED) is 0.647. The van der Waals surface area contributed by atoms with Crippen molar-refractivity contribution in [3.63, 3.8) is 0 Å². The number of rotatable bonds is 6. The largest absolute Gasteiger partial charge is 0.462 e. The lowest BCUT2D eigenvalue weighted by Gasteiger charge is -2.23. The molecule has 0 amide bonds. The Morgan fingerprint density at radius 3 is 2.50 bits per heavy atom. The predicted molar refractivity (Wildman–Crippen MR) is 61.6 cm³/mol. The van der Waals surface area contributed by atoms with Crippen molar-refractivity contribution in [1.82, 2.24) is 0 Å². The van der Waals surface area contributed by atoms with E-state index in [1.165, 1.54) is 19.1 Å². The molecule has 0 radical (unpaired) electrons. The summed E-state index contributed by atoms with van der Waals surface area (Å²) in [5, 5.41) is 0. The summed E-state index contributed by atoms with van der Waals surface area (Å²) in [6.45, 7) is -2.09. The molecule has 1 rings (SSSR count). The topological polar surface area (TPSA) is 61.5 Å². The minimum Gasteiger partial charge on any atom is -0.462 e. The van der Waals surface area contributed by atoms with Gasteiger partial charge < -0.3 is 15.2 Å². The number of hydrogen-bond donors (Lipinski definition) is 1. The first-order valence-electron chi connectivity index (χ1n) is 5.65. The first-order valence-corrected chi connectivity index (χ1v) is 5.65. The molecule has 0 unspecified atom stereocenters. The summed E-state index contributed by atoms with van der Waals surface area (Å²) in [5.74, 6) is -6.39. The summed E-state index contributed by atoms with van der Waals surface area (Å²) >= 11 is 0. The van der Waals surface area contributed by atoms with Crippen molar-refractivity contribution in [3.8, 4) is 5.75 Å². The van der Waals surface area contributed by atoms with Crippen molar-refractivity contribution in [2.45, 2.75) is 25.5 Å². The Kier molecular flexibility index (Phi) is 5.32. The number of hydrogen-bond acceptors (Lipinski definition) is 4. The number of nitrogens with two attached hydrogens (primary N) is 1. The van der Waals surface area contributed by atoms with Crippen LogP contribution >= 0.6 is 0 Å². The lowest BCUT2D eigenvalue weighted by atomic mass is 10.0. The van der Waals surface area contributed by atoms with Crippen LogP contribution in [-0.2, 0) is 9.53 Å². The molecule has 4 nitrogen and oxygen atoms in total. The van der Waals surface area contributed by atoms with Crippen LogP contribution in [0.3, 0.4) is 0 Å². The second kappa shape index (κ2) is 6.56. The average Bonchev–Trinajstić information content (AvgIpc) is 2.38. The fourth-order valence-electron chi connectivity index (χ4n) is 1.49. The number of para-hydroxylation sites is 1. The minimum absolute atomic E-state index is 0.254. The first-order chi connectivity index (χ1) is 9.30. The maximum absolute atomic E-state index is 13.8. The van der Waals surface area contributed by atoms with Gasteiger partial charge in [-0.25, -0.2) is 4.79 Å². The summed E-state index contributed by atoms with van der Waals surface area (Å²) in [5.41, 5.74) is 4.89. The highest BCUT2D eigenvalue weighted by atomic mass is 19.3. The highest BCUT2D eigenvalue weighted by Gasteiger charge is 2.48. The van der Waals surface area contributed by atoms with E-state index in [0.717, 1.165) is 12.1 Å². The molecular weight excluding hydrogens is 282 g/mol. The van der Waals surface area contributed by atoms with E-state index >= 15 is 0 Å². The Balaban J connectivity index is 3.07. The van der Waals surface area contributed by atoms with Gasteiger partial charge in [-0.05, 0) is 13.0 Å². The zero-order valence-corrected chi connectivity index (χ0v) is 10.5. The molecule has 1 aromatic carbocycles. The molecule has 0 aliphatic heterocycles. The number of alkyl halides is 4. The molecular formula is C12H13F4NO3. The van der Waals surface area contributed by atoms with Gasteiger partial charge in [-0.3, -0.25) is 0 Å². The summed E-state index contributed by atoms with van der Waals surface area (Å²) in [6.07, 6.45) is 0. The molecule has 0 saturated carbocycles. The molecule has 112 valence electrons. The predicted octanol–water partition coefficient (Wildman–Crippen LogP) is 2.49. The van der Waals surface area contributed by atoms with Gasteiger partial charge in [0.25, 0.3) is 0 Å². The Bertz CT molecular complexity index is 468. The first kappa shape index (κ1) is 16.2. The fourth-order valence-corrected chi connectivity index (χ4v) is 1.49. The van der Waals surface area contributed by atoms with E-state index in [-0.39, 0.29) is 6.61 Å². The van der Waals surface area contributed by atoms with Crippen LogP contribution in [0.25, 0.3) is 0 Å². The molecule has 0 aliphatic carbocycles. The molecule has 0 fully saturated rings. The van der Waals surface area contributed by atoms with Crippen molar-refractivity contribution in [2.24, 2.45) is 5.73 Å². The van der Waals surface area contributed by atoms with E-state index in [2.05, 4.69) is 9.47 Å². The maximum atomic E-state index is 13.8. The fraction of sp³-hybridized carbons (Fsp3) is 0.417. The highest BCUT2D eigenvalue weighted by Crippen LogP contribution is 2.35. The lowest BCUT2D eigenvalue weighted by Crippen LogP contribution is -2.42. The van der Waals surface area contributed by atoms with E-state index in [0.29, 0.717) is 0 Å². The van der Waals surface area contributed by atoms with E-state index in [9.17, 15) is 22.4 Å². The van der Waals surface area contributed by atoms with Gasteiger partial charge >= 0.3 is 18.5 Å². The van der Waals surface area contributed by atoms with Crippen LogP contribution in [0.15, 0.2) is 24.3 Å². The number of ether oxygens (including phenoxy) is 2. The molecule has 1 aromatic rings. The monoisotopic (exact) mass is 295 g/mol. The molecule has 0 bridgehead atoms. The van der Waals surface area contributed by atoms with Crippen LogP contribution in [0.2, 0.25) is 0 Å². The SMILES string of the molecule is CCOC(=O)C(F)(F)[C@@H](N)c1ccccc1OC(F)F. The molecule has 20 heavy (non-hydrogen) atoms. The maximum Gasteiger partial charge on any atom is 0.387 e. The molecule has 2 N–H and O–H groups in total. The minimum atomic E-state index is -4.06. The molecule has 8 heteroatoms. The molecule has 0 heterocycles. The van der Waals surface area contributed by atoms with Crippen molar-refractivity contribution >= 4 is 5.97 Å². The summed E-state index contributed by atoms with van der Waals surface area (Å²) in [7, 11) is 0. The zero-order chi connectivity index (χ0) is 15.3. The van der Waals surface area contributed by atoms with Gasteiger partial charge in [0.1, 0.15) is 11.8 Å². The Morgan fingerprint density at radius 1 is 1.35 bits per heavy atom. The number of carbonyl (C=O) groups is 1. The van der Waals surface area contributed by atoms with Gasteiger partial charge in [-0.1, -0.05) is 18.2 Å². The van der Waals surface area contributed by atoms with E-state index in [1.54, 1.807) is 0 Å². The number of benzene rings is 1. The van der Waals surface area contributed by atoms with Crippen LogP contribution in [0.4, 0.5) is 17.6 Å². The molecule has 0 aromatic heterocycles. The van der Waals surface area contributed by atoms with Crippen LogP contribution < -0.4 is 10.5 Å². The van der Waals surface area contributed by atoms with Crippen molar-refractivity contribution in [3.05, 3.63) is 29.8 Å². The highest BCUT2D eigenvalue weighted by molar-refractivity contribution is 5.79. The van der Waals surface area contributed by atoms with Crippen LogP contribution in [-0.4, -0.2) is 25.1 Å². The third-order valence-electron chi connectivity index (χ3n) is 2.41. The van der Waals surface area contributed by atoms with E-state index < -0.39 is 35.9 Å². The third-order valence-corrected chi connectivity index (χ3v) is 2.41. The molecule has 0 aliphatic rings. The second-order valence-electron chi connectivity index (χ2n) is 3.74. The van der Waals surface area contributed by atoms with E-state index in [4.69, 9.17) is 5.73 Å². The van der Waals surface area contributed by atoms with Crippen LogP contribution in [0.5, 0.6) is 5.75 Å². The second-order valence-corrected chi connectivity index (χ2v) is 3.74. The smallest absolute Gasteiger partial charge is 0.387 e. The van der Waals surface area contributed by atoms with Crippen molar-refractivity contribution in [1.29, 1.82) is 0 Å². The van der Waals surface area contributed by atoms with Crippen LogP contribution in [0, 0.1) is 0 Å². The van der Waals surface area contributed by atoms with Gasteiger partial charge in [-0.15, -0.1) is 0 Å². The van der Waals surface area contributed by atoms with Crippen molar-refractivity contribution in [2.75, 3.05) is 6.61 Å². The van der Waals surface area contributed by atoms with Gasteiger partial charge in [0.2, 0.25) is 0 Å². The Hall–Kier alpha value is -1.83. The number of esters is 1. The standard InChI is InChI=1S/C12H13F4NO3/c1-2-19-10(18)12(15,16)9(17)7-5-3-4-6-8(7)20-11(13)14/h3-6,9,11H,2,17H2,1H3/t9-/m0/s1. The number of halogens is 4. The Labute approximate surface area is 112 Å². The van der Waals surface area contributed by atoms with Gasteiger partial charge in [0.15, 0.2) is 0 Å². The van der Waals surface area contributed by atoms with Gasteiger partial charge in [-0.2, -0.15) is 17.6 Å². The van der Waals surface area contributed by atoms with Crippen molar-refractivity contribution < 1.29 is 31.8 Å². The van der Waals surface area contributed by atoms with Crippen LogP contribution in [0.1, 0.15) is 18.5 Å². The molecule has 1 atom stereocenters.